The summed E-state index contributed by atoms with van der Waals surface area (Å²) in [5.74, 6) is 1.14. The van der Waals surface area contributed by atoms with E-state index in [4.69, 9.17) is 0 Å². The molecule has 1 N–H and O–H groups in total. The molecular formula is C12H17BrOS. The third-order valence-electron chi connectivity index (χ3n) is 2.21. The van der Waals surface area contributed by atoms with Crippen molar-refractivity contribution in [3.05, 3.63) is 28.2 Å². The predicted molar refractivity (Wildman–Crippen MR) is 70.3 cm³/mol. The molecule has 15 heavy (non-hydrogen) atoms. The van der Waals surface area contributed by atoms with Crippen molar-refractivity contribution < 1.29 is 5.11 Å². The lowest BCUT2D eigenvalue weighted by atomic mass is 10.2. The normalized spacial score (nSPS) is 10.6. The summed E-state index contributed by atoms with van der Waals surface area (Å²) in [6.45, 7) is 2.34. The molecule has 0 radical (unpaired) electrons. The summed E-state index contributed by atoms with van der Waals surface area (Å²) in [6, 6.07) is 6.04. The lowest BCUT2D eigenvalue weighted by Gasteiger charge is -2.07. The van der Waals surface area contributed by atoms with Gasteiger partial charge >= 0.3 is 0 Å². The highest BCUT2D eigenvalue weighted by atomic mass is 79.9. The molecule has 0 aliphatic heterocycles. The molecule has 84 valence electrons. The largest absolute Gasteiger partial charge is 0.392 e. The third-order valence-corrected chi connectivity index (χ3v) is 3.88. The zero-order valence-electron chi connectivity index (χ0n) is 9.00. The summed E-state index contributed by atoms with van der Waals surface area (Å²) in [4.78, 5) is 1.20. The first-order valence-electron chi connectivity index (χ1n) is 5.30. The van der Waals surface area contributed by atoms with Crippen molar-refractivity contribution in [1.82, 2.24) is 0 Å². The van der Waals surface area contributed by atoms with Crippen LogP contribution in [0.1, 0.15) is 31.7 Å². The zero-order valence-corrected chi connectivity index (χ0v) is 11.4. The fourth-order valence-corrected chi connectivity index (χ4v) is 2.94. The van der Waals surface area contributed by atoms with Gasteiger partial charge in [0.2, 0.25) is 0 Å². The summed E-state index contributed by atoms with van der Waals surface area (Å²) in [6.07, 6.45) is 3.79. The van der Waals surface area contributed by atoms with Crippen molar-refractivity contribution in [3.8, 4) is 0 Å². The molecule has 0 atom stereocenters. The zero-order chi connectivity index (χ0) is 11.1. The van der Waals surface area contributed by atoms with Gasteiger partial charge in [0.1, 0.15) is 0 Å². The number of halogens is 1. The van der Waals surface area contributed by atoms with E-state index in [0.717, 1.165) is 15.8 Å². The molecule has 1 aromatic rings. The van der Waals surface area contributed by atoms with E-state index in [1.54, 1.807) is 0 Å². The van der Waals surface area contributed by atoms with Gasteiger partial charge in [0, 0.05) is 9.37 Å². The number of thioether (sulfide) groups is 1. The number of benzene rings is 1. The van der Waals surface area contributed by atoms with Crippen molar-refractivity contribution in [2.24, 2.45) is 0 Å². The SMILES string of the molecule is CCCCCSc1cc(Br)ccc1CO. The summed E-state index contributed by atoms with van der Waals surface area (Å²) in [5.41, 5.74) is 1.03. The number of unbranched alkanes of at least 4 members (excludes halogenated alkanes) is 2. The van der Waals surface area contributed by atoms with E-state index in [1.807, 2.05) is 23.9 Å². The van der Waals surface area contributed by atoms with Crippen LogP contribution in [0.3, 0.4) is 0 Å². The highest BCUT2D eigenvalue weighted by Gasteiger charge is 2.02. The van der Waals surface area contributed by atoms with Gasteiger partial charge in [-0.25, -0.2) is 0 Å². The van der Waals surface area contributed by atoms with Crippen LogP contribution in [0.25, 0.3) is 0 Å². The molecule has 0 unspecified atom stereocenters. The van der Waals surface area contributed by atoms with E-state index in [2.05, 4.69) is 28.9 Å². The molecular weight excluding hydrogens is 272 g/mol. The molecule has 0 heterocycles. The Balaban J connectivity index is 2.54. The highest BCUT2D eigenvalue weighted by Crippen LogP contribution is 2.27. The first-order valence-corrected chi connectivity index (χ1v) is 7.08. The van der Waals surface area contributed by atoms with Crippen LogP contribution in [0, 0.1) is 0 Å². The minimum absolute atomic E-state index is 0.128. The predicted octanol–water partition coefficient (Wildman–Crippen LogP) is 4.22. The molecule has 0 aliphatic rings. The Labute approximate surface area is 104 Å². The molecule has 3 heteroatoms. The van der Waals surface area contributed by atoms with E-state index in [1.165, 1.54) is 24.2 Å². The average molecular weight is 289 g/mol. The fourth-order valence-electron chi connectivity index (χ4n) is 1.33. The van der Waals surface area contributed by atoms with Crippen molar-refractivity contribution in [3.63, 3.8) is 0 Å². The topological polar surface area (TPSA) is 20.2 Å². The summed E-state index contributed by atoms with van der Waals surface area (Å²) < 4.78 is 1.08. The molecule has 0 saturated carbocycles. The Hall–Kier alpha value is 0.01000. The van der Waals surface area contributed by atoms with E-state index in [0.29, 0.717) is 0 Å². The van der Waals surface area contributed by atoms with Crippen LogP contribution in [0.5, 0.6) is 0 Å². The van der Waals surface area contributed by atoms with Gasteiger partial charge in [-0.15, -0.1) is 11.8 Å². The number of aliphatic hydroxyl groups excluding tert-OH is 1. The molecule has 0 aromatic heterocycles. The molecule has 0 fully saturated rings. The van der Waals surface area contributed by atoms with Gasteiger partial charge in [0.15, 0.2) is 0 Å². The first-order chi connectivity index (χ1) is 7.27. The summed E-state index contributed by atoms with van der Waals surface area (Å²) in [7, 11) is 0. The minimum atomic E-state index is 0.128. The van der Waals surface area contributed by atoms with Gasteiger partial charge in [0.05, 0.1) is 6.61 Å². The second-order valence-electron chi connectivity index (χ2n) is 3.47. The van der Waals surface area contributed by atoms with Crippen LogP contribution in [0.4, 0.5) is 0 Å². The summed E-state index contributed by atoms with van der Waals surface area (Å²) in [5, 5.41) is 9.18. The van der Waals surface area contributed by atoms with Gasteiger partial charge in [-0.3, -0.25) is 0 Å². The Bertz CT molecular complexity index is 302. The van der Waals surface area contributed by atoms with Crippen molar-refractivity contribution in [1.29, 1.82) is 0 Å². The van der Waals surface area contributed by atoms with Crippen LogP contribution in [0.2, 0.25) is 0 Å². The number of hydrogen-bond donors (Lipinski definition) is 1. The lowest BCUT2D eigenvalue weighted by molar-refractivity contribution is 0.279. The molecule has 0 bridgehead atoms. The Morgan fingerprint density at radius 3 is 2.80 bits per heavy atom. The Kier molecular flexibility index (Phi) is 6.37. The van der Waals surface area contributed by atoms with Crippen LogP contribution in [-0.2, 0) is 6.61 Å². The molecule has 1 rings (SSSR count). The molecule has 0 saturated heterocycles. The number of aliphatic hydroxyl groups is 1. The van der Waals surface area contributed by atoms with E-state index in [9.17, 15) is 5.11 Å². The van der Waals surface area contributed by atoms with Gasteiger partial charge in [-0.1, -0.05) is 41.8 Å². The maximum Gasteiger partial charge on any atom is 0.0692 e. The van der Waals surface area contributed by atoms with Crippen LogP contribution >= 0.6 is 27.7 Å². The monoisotopic (exact) mass is 288 g/mol. The molecule has 0 spiro atoms. The van der Waals surface area contributed by atoms with Crippen LogP contribution in [-0.4, -0.2) is 10.9 Å². The second-order valence-corrected chi connectivity index (χ2v) is 5.52. The molecule has 0 aliphatic carbocycles. The molecule has 0 amide bonds. The Morgan fingerprint density at radius 2 is 2.13 bits per heavy atom. The molecule has 1 aromatic carbocycles. The second kappa shape index (κ2) is 7.31. The van der Waals surface area contributed by atoms with Gasteiger partial charge in [-0.05, 0) is 29.9 Å². The third kappa shape index (κ3) is 4.58. The maximum atomic E-state index is 9.18. The van der Waals surface area contributed by atoms with E-state index < -0.39 is 0 Å². The highest BCUT2D eigenvalue weighted by molar-refractivity contribution is 9.10. The van der Waals surface area contributed by atoms with E-state index >= 15 is 0 Å². The van der Waals surface area contributed by atoms with Crippen LogP contribution < -0.4 is 0 Å². The average Bonchev–Trinajstić information content (AvgIpc) is 2.25. The van der Waals surface area contributed by atoms with Crippen molar-refractivity contribution in [2.75, 3.05) is 5.75 Å². The summed E-state index contributed by atoms with van der Waals surface area (Å²) >= 11 is 5.29. The molecule has 1 nitrogen and oxygen atoms in total. The Morgan fingerprint density at radius 1 is 1.33 bits per heavy atom. The first kappa shape index (κ1) is 13.1. The van der Waals surface area contributed by atoms with Gasteiger partial charge in [-0.2, -0.15) is 0 Å². The quantitative estimate of drug-likeness (QED) is 0.625. The maximum absolute atomic E-state index is 9.18. The van der Waals surface area contributed by atoms with Gasteiger partial charge < -0.3 is 5.11 Å². The minimum Gasteiger partial charge on any atom is -0.392 e. The van der Waals surface area contributed by atoms with Gasteiger partial charge in [0.25, 0.3) is 0 Å². The number of hydrogen-bond acceptors (Lipinski definition) is 2. The van der Waals surface area contributed by atoms with Crippen molar-refractivity contribution >= 4 is 27.7 Å². The standard InChI is InChI=1S/C12H17BrOS/c1-2-3-4-7-15-12-8-11(13)6-5-10(12)9-14/h5-6,8,14H,2-4,7,9H2,1H3. The number of rotatable bonds is 6. The van der Waals surface area contributed by atoms with Crippen LogP contribution in [0.15, 0.2) is 27.6 Å². The van der Waals surface area contributed by atoms with Crippen molar-refractivity contribution in [2.45, 2.75) is 37.7 Å². The van der Waals surface area contributed by atoms with E-state index in [-0.39, 0.29) is 6.61 Å². The lowest BCUT2D eigenvalue weighted by Crippen LogP contribution is -1.89. The fraction of sp³-hybridized carbons (Fsp3) is 0.500. The smallest absolute Gasteiger partial charge is 0.0692 e.